The Labute approximate surface area is 191 Å². The highest BCUT2D eigenvalue weighted by Gasteiger charge is 2.19. The first-order valence-corrected chi connectivity index (χ1v) is 10.6. The minimum atomic E-state index is -0.353. The summed E-state index contributed by atoms with van der Waals surface area (Å²) in [6.07, 6.45) is 2.24. The number of carbonyl (C=O) groups excluding carboxylic acids is 1. The van der Waals surface area contributed by atoms with Crippen LogP contribution in [0.1, 0.15) is 21.6 Å². The number of benzene rings is 3. The topological polar surface area (TPSA) is 65.4 Å². The third-order valence-electron chi connectivity index (χ3n) is 5.10. The average Bonchev–Trinajstić information content (AvgIpc) is 3.28. The fraction of sp³-hybridized carbons (Fsp3) is 0.154. The minimum Gasteiger partial charge on any atom is -0.496 e. The molecule has 3 aromatic carbocycles. The molecule has 168 valence electrons. The zero-order valence-corrected chi connectivity index (χ0v) is 18.2. The van der Waals surface area contributed by atoms with Crippen LogP contribution in [-0.4, -0.2) is 29.3 Å². The Morgan fingerprint density at radius 3 is 2.45 bits per heavy atom. The van der Waals surface area contributed by atoms with Crippen LogP contribution in [0.3, 0.4) is 0 Å². The fourth-order valence-corrected chi connectivity index (χ4v) is 3.39. The number of hydrogen-bond donors (Lipinski definition) is 1. The van der Waals surface area contributed by atoms with Gasteiger partial charge in [0.2, 0.25) is 0 Å². The molecule has 1 heterocycles. The lowest BCUT2D eigenvalue weighted by molar-refractivity contribution is 0.0944. The smallest absolute Gasteiger partial charge is 0.275 e. The highest BCUT2D eigenvalue weighted by molar-refractivity contribution is 5.95. The summed E-state index contributed by atoms with van der Waals surface area (Å²) in [6.45, 7) is 0.693. The van der Waals surface area contributed by atoms with Crippen molar-refractivity contribution in [1.29, 1.82) is 0 Å². The van der Waals surface area contributed by atoms with Crippen molar-refractivity contribution in [2.24, 2.45) is 0 Å². The highest BCUT2D eigenvalue weighted by atomic mass is 19.1. The zero-order chi connectivity index (χ0) is 23.0. The van der Waals surface area contributed by atoms with Gasteiger partial charge in [0.1, 0.15) is 18.2 Å². The van der Waals surface area contributed by atoms with E-state index in [1.165, 1.54) is 16.8 Å². The lowest BCUT2D eigenvalue weighted by atomic mass is 10.1. The largest absolute Gasteiger partial charge is 0.496 e. The summed E-state index contributed by atoms with van der Waals surface area (Å²) in [5, 5.41) is 7.32. The number of ether oxygens (including phenoxy) is 2. The molecule has 0 unspecified atom stereocenters. The van der Waals surface area contributed by atoms with E-state index in [1.54, 1.807) is 25.4 Å². The molecule has 4 aromatic rings. The van der Waals surface area contributed by atoms with E-state index in [-0.39, 0.29) is 24.0 Å². The molecular weight excluding hydrogens is 421 g/mol. The van der Waals surface area contributed by atoms with Gasteiger partial charge in [0.15, 0.2) is 11.4 Å². The number of amides is 1. The Balaban J connectivity index is 1.51. The average molecular weight is 445 g/mol. The van der Waals surface area contributed by atoms with Gasteiger partial charge in [-0.3, -0.25) is 4.79 Å². The van der Waals surface area contributed by atoms with E-state index in [0.29, 0.717) is 24.4 Å². The Hall–Kier alpha value is -4.13. The molecule has 1 amide bonds. The summed E-state index contributed by atoms with van der Waals surface area (Å²) >= 11 is 0. The Morgan fingerprint density at radius 2 is 1.70 bits per heavy atom. The van der Waals surface area contributed by atoms with Crippen LogP contribution in [0.4, 0.5) is 4.39 Å². The number of methoxy groups -OCH3 is 1. The minimum absolute atomic E-state index is 0.162. The molecule has 0 fully saturated rings. The van der Waals surface area contributed by atoms with Crippen LogP contribution in [0.25, 0.3) is 5.69 Å². The zero-order valence-electron chi connectivity index (χ0n) is 18.2. The first-order valence-electron chi connectivity index (χ1n) is 10.6. The molecule has 0 spiro atoms. The van der Waals surface area contributed by atoms with Crippen LogP contribution < -0.4 is 14.8 Å². The number of para-hydroxylation sites is 1. The number of carbonyl (C=O) groups is 1. The van der Waals surface area contributed by atoms with Crippen LogP contribution in [0.15, 0.2) is 85.1 Å². The molecule has 7 heteroatoms. The molecule has 1 N–H and O–H groups in total. The predicted octanol–water partition coefficient (Wildman–Crippen LogP) is 4.57. The summed E-state index contributed by atoms with van der Waals surface area (Å²) in [6, 6.07) is 23.2. The van der Waals surface area contributed by atoms with Gasteiger partial charge in [-0.15, -0.1) is 0 Å². The molecule has 4 rings (SSSR count). The maximum atomic E-state index is 13.3. The van der Waals surface area contributed by atoms with Crippen LogP contribution in [0, 0.1) is 5.82 Å². The van der Waals surface area contributed by atoms with E-state index in [1.807, 2.05) is 54.6 Å². The lowest BCUT2D eigenvalue weighted by Crippen LogP contribution is -2.26. The van der Waals surface area contributed by atoms with Crippen molar-refractivity contribution in [3.63, 3.8) is 0 Å². The highest BCUT2D eigenvalue weighted by Crippen LogP contribution is 2.22. The van der Waals surface area contributed by atoms with E-state index >= 15 is 0 Å². The molecule has 0 saturated carbocycles. The number of rotatable bonds is 9. The second kappa shape index (κ2) is 10.5. The molecule has 0 bridgehead atoms. The van der Waals surface area contributed by atoms with Gasteiger partial charge in [0.25, 0.3) is 5.91 Å². The molecule has 33 heavy (non-hydrogen) atoms. The fourth-order valence-electron chi connectivity index (χ4n) is 3.39. The van der Waals surface area contributed by atoms with Crippen LogP contribution in [-0.2, 0) is 13.0 Å². The van der Waals surface area contributed by atoms with Crippen molar-refractivity contribution in [2.75, 3.05) is 13.7 Å². The van der Waals surface area contributed by atoms with Gasteiger partial charge in [-0.25, -0.2) is 9.07 Å². The molecule has 6 nitrogen and oxygen atoms in total. The van der Waals surface area contributed by atoms with Crippen molar-refractivity contribution in [3.8, 4) is 17.2 Å². The molecular formula is C26H24FN3O3. The Bertz CT molecular complexity index is 1210. The van der Waals surface area contributed by atoms with E-state index in [2.05, 4.69) is 10.4 Å². The molecule has 0 aliphatic carbocycles. The van der Waals surface area contributed by atoms with Gasteiger partial charge in [-0.05, 0) is 47.9 Å². The number of nitrogens with zero attached hydrogens (tertiary/aromatic N) is 2. The summed E-state index contributed by atoms with van der Waals surface area (Å²) in [7, 11) is 1.62. The third kappa shape index (κ3) is 5.57. The molecule has 0 aliphatic heterocycles. The van der Waals surface area contributed by atoms with Crippen molar-refractivity contribution in [2.45, 2.75) is 13.0 Å². The summed E-state index contributed by atoms with van der Waals surface area (Å²) < 4.78 is 26.1. The first kappa shape index (κ1) is 22.1. The molecule has 0 aliphatic rings. The molecule has 1 aromatic heterocycles. The van der Waals surface area contributed by atoms with E-state index in [9.17, 15) is 9.18 Å². The maximum absolute atomic E-state index is 13.3. The quantitative estimate of drug-likeness (QED) is 0.410. The van der Waals surface area contributed by atoms with Gasteiger partial charge in [-0.1, -0.05) is 48.5 Å². The second-order valence-electron chi connectivity index (χ2n) is 7.35. The number of halogens is 1. The Morgan fingerprint density at radius 1 is 0.970 bits per heavy atom. The number of hydrogen-bond acceptors (Lipinski definition) is 4. The lowest BCUT2D eigenvalue weighted by Gasteiger charge is -2.09. The van der Waals surface area contributed by atoms with E-state index < -0.39 is 0 Å². The van der Waals surface area contributed by atoms with Crippen LogP contribution >= 0.6 is 0 Å². The monoisotopic (exact) mass is 445 g/mol. The van der Waals surface area contributed by atoms with Gasteiger partial charge in [-0.2, -0.15) is 5.10 Å². The maximum Gasteiger partial charge on any atom is 0.275 e. The Kier molecular flexibility index (Phi) is 6.99. The first-order chi connectivity index (χ1) is 16.1. The van der Waals surface area contributed by atoms with Crippen LogP contribution in [0.5, 0.6) is 11.5 Å². The van der Waals surface area contributed by atoms with Gasteiger partial charge in [0.05, 0.1) is 19.0 Å². The third-order valence-corrected chi connectivity index (χ3v) is 5.10. The van der Waals surface area contributed by atoms with Gasteiger partial charge >= 0.3 is 0 Å². The summed E-state index contributed by atoms with van der Waals surface area (Å²) in [4.78, 5) is 13.0. The molecule has 0 atom stereocenters. The molecule has 0 saturated heterocycles. The van der Waals surface area contributed by atoms with Crippen molar-refractivity contribution >= 4 is 5.91 Å². The number of nitrogens with one attached hydrogen (secondary N) is 1. The van der Waals surface area contributed by atoms with Crippen molar-refractivity contribution in [1.82, 2.24) is 15.1 Å². The summed E-state index contributed by atoms with van der Waals surface area (Å²) in [5.74, 6) is 0.423. The van der Waals surface area contributed by atoms with Gasteiger partial charge < -0.3 is 14.8 Å². The standard InChI is InChI=1S/C26H24FN3O3/c1-32-23-10-6-5-9-20(23)15-16-28-26(31)25-24(33-18-19-7-3-2-4-8-19)17-30(29-25)22-13-11-21(27)12-14-22/h2-14,17H,15-16,18H2,1H3,(H,28,31). The summed E-state index contributed by atoms with van der Waals surface area (Å²) in [5.41, 5.74) is 2.75. The van der Waals surface area contributed by atoms with E-state index in [4.69, 9.17) is 9.47 Å². The predicted molar refractivity (Wildman–Crippen MR) is 123 cm³/mol. The SMILES string of the molecule is COc1ccccc1CCNC(=O)c1nn(-c2ccc(F)cc2)cc1OCc1ccccc1. The van der Waals surface area contributed by atoms with Crippen molar-refractivity contribution < 1.29 is 18.7 Å². The van der Waals surface area contributed by atoms with E-state index in [0.717, 1.165) is 16.9 Å². The van der Waals surface area contributed by atoms with Crippen molar-refractivity contribution in [3.05, 3.63) is 108 Å². The second-order valence-corrected chi connectivity index (χ2v) is 7.35. The van der Waals surface area contributed by atoms with Crippen LogP contribution in [0.2, 0.25) is 0 Å². The number of aromatic nitrogens is 2. The molecule has 0 radical (unpaired) electrons. The van der Waals surface area contributed by atoms with Gasteiger partial charge in [0, 0.05) is 6.54 Å². The normalized spacial score (nSPS) is 10.6.